The third-order valence-electron chi connectivity index (χ3n) is 5.51. The van der Waals surface area contributed by atoms with E-state index in [0.717, 1.165) is 40.9 Å². The van der Waals surface area contributed by atoms with Gasteiger partial charge in [-0.3, -0.25) is 4.79 Å². The van der Waals surface area contributed by atoms with Crippen LogP contribution in [0.5, 0.6) is 0 Å². The second-order valence-corrected chi connectivity index (χ2v) is 9.15. The number of fused-ring (bicyclic) bond motifs is 1. The number of carboxylic acid groups (broad SMARTS) is 1. The Bertz CT molecular complexity index is 1040. The summed E-state index contributed by atoms with van der Waals surface area (Å²) in [5.74, 6) is 3.12. The molecule has 31 heavy (non-hydrogen) atoms. The number of hydrogen-bond acceptors (Lipinski definition) is 8. The Hall–Kier alpha value is -2.47. The number of tetrazole rings is 1. The van der Waals surface area contributed by atoms with Crippen LogP contribution in [0.25, 0.3) is 11.6 Å². The van der Waals surface area contributed by atoms with Gasteiger partial charge in [-0.2, -0.15) is 4.80 Å². The Morgan fingerprint density at radius 3 is 2.48 bits per heavy atom. The highest BCUT2D eigenvalue weighted by molar-refractivity contribution is 9.11. The smallest absolute Gasteiger partial charge is 0.290 e. The Morgan fingerprint density at radius 1 is 1.16 bits per heavy atom. The van der Waals surface area contributed by atoms with Crippen molar-refractivity contribution in [2.45, 2.75) is 13.5 Å². The molecule has 3 aromatic rings. The van der Waals surface area contributed by atoms with Gasteiger partial charge < -0.3 is 19.4 Å². The highest BCUT2D eigenvalue weighted by Gasteiger charge is 2.41. The molecule has 2 aromatic heterocycles. The van der Waals surface area contributed by atoms with Gasteiger partial charge in [-0.15, -0.1) is 10.2 Å². The highest BCUT2D eigenvalue weighted by atomic mass is 79.9. The lowest BCUT2D eigenvalue weighted by Crippen LogP contribution is -2.29. The molecule has 0 aliphatic carbocycles. The van der Waals surface area contributed by atoms with Crippen LogP contribution in [-0.2, 0) is 11.3 Å². The Morgan fingerprint density at radius 2 is 1.84 bits per heavy atom. The molecule has 0 amide bonds. The number of carbonyl (C=O) groups is 1. The summed E-state index contributed by atoms with van der Waals surface area (Å²) in [6.07, 6.45) is 0. The lowest BCUT2D eigenvalue weighted by Gasteiger charge is -2.24. The third kappa shape index (κ3) is 4.59. The summed E-state index contributed by atoms with van der Waals surface area (Å²) in [7, 11) is 0. The maximum Gasteiger partial charge on any atom is 0.290 e. The summed E-state index contributed by atoms with van der Waals surface area (Å²) in [6.45, 7) is 6.45. The molecule has 0 spiro atoms. The molecule has 2 atom stereocenters. The largest absolute Gasteiger partial charge is 0.483 e. The Kier molecular flexibility index (Phi) is 6.56. The van der Waals surface area contributed by atoms with Crippen LogP contribution in [0.2, 0.25) is 0 Å². The van der Waals surface area contributed by atoms with E-state index >= 15 is 0 Å². The van der Waals surface area contributed by atoms with Gasteiger partial charge in [0.25, 0.3) is 6.47 Å². The fraction of sp³-hybridized carbons (Fsp3) is 0.421. The molecule has 0 bridgehead atoms. The molecule has 10 nitrogen and oxygen atoms in total. The van der Waals surface area contributed by atoms with Crippen molar-refractivity contribution in [3.63, 3.8) is 0 Å². The molecule has 5 rings (SSSR count). The Balaban J connectivity index is 0.000000730. The summed E-state index contributed by atoms with van der Waals surface area (Å²) in [6, 6.07) is 8.26. The maximum atomic E-state index is 8.36. The second kappa shape index (κ2) is 9.35. The van der Waals surface area contributed by atoms with E-state index in [1.165, 1.54) is 10.5 Å². The Labute approximate surface area is 195 Å². The highest BCUT2D eigenvalue weighted by Crippen LogP contribution is 2.39. The molecule has 2 unspecified atom stereocenters. The van der Waals surface area contributed by atoms with Crippen molar-refractivity contribution in [1.82, 2.24) is 25.4 Å². The van der Waals surface area contributed by atoms with E-state index in [0.29, 0.717) is 30.0 Å². The number of nitrogens with zero attached hydrogens (tertiary/aromatic N) is 7. The topological polar surface area (TPSA) is 113 Å². The predicted molar refractivity (Wildman–Crippen MR) is 121 cm³/mol. The van der Waals surface area contributed by atoms with Crippen molar-refractivity contribution in [2.24, 2.45) is 11.8 Å². The lowest BCUT2D eigenvalue weighted by molar-refractivity contribution is -0.122. The molecule has 1 N–H and O–H groups in total. The summed E-state index contributed by atoms with van der Waals surface area (Å²) >= 11 is 7.27. The molecule has 0 radical (unpaired) electrons. The van der Waals surface area contributed by atoms with E-state index in [9.17, 15) is 0 Å². The molecule has 2 fully saturated rings. The van der Waals surface area contributed by atoms with Crippen LogP contribution in [0.15, 0.2) is 37.7 Å². The van der Waals surface area contributed by atoms with Gasteiger partial charge in [0.1, 0.15) is 0 Å². The van der Waals surface area contributed by atoms with Crippen LogP contribution >= 0.6 is 31.9 Å². The molecule has 164 valence electrons. The minimum absolute atomic E-state index is 0.250. The maximum absolute atomic E-state index is 8.36. The number of hydrogen-bond donors (Lipinski definition) is 1. The van der Waals surface area contributed by atoms with Gasteiger partial charge in [0, 0.05) is 53.0 Å². The van der Waals surface area contributed by atoms with Crippen LogP contribution in [0, 0.1) is 11.8 Å². The molecule has 1 aromatic carbocycles. The van der Waals surface area contributed by atoms with E-state index in [2.05, 4.69) is 80.4 Å². The van der Waals surface area contributed by atoms with Gasteiger partial charge in [-0.25, -0.2) is 0 Å². The summed E-state index contributed by atoms with van der Waals surface area (Å²) in [4.78, 5) is 14.7. The van der Waals surface area contributed by atoms with E-state index in [1.54, 1.807) is 0 Å². The zero-order valence-electron chi connectivity index (χ0n) is 16.7. The quantitative estimate of drug-likeness (QED) is 0.486. The number of aryl methyl sites for hydroxylation is 1. The van der Waals surface area contributed by atoms with Gasteiger partial charge in [0.05, 0.1) is 12.2 Å². The average molecular weight is 555 g/mol. The minimum atomic E-state index is -0.250. The van der Waals surface area contributed by atoms with E-state index < -0.39 is 0 Å². The summed E-state index contributed by atoms with van der Waals surface area (Å²) in [5.41, 5.74) is 1.25. The van der Waals surface area contributed by atoms with Crippen molar-refractivity contribution in [2.75, 3.05) is 36.0 Å². The van der Waals surface area contributed by atoms with Crippen molar-refractivity contribution >= 4 is 49.8 Å². The van der Waals surface area contributed by atoms with E-state index in [4.69, 9.17) is 14.4 Å². The molecule has 2 aliphatic rings. The first-order chi connectivity index (χ1) is 15.0. The lowest BCUT2D eigenvalue weighted by atomic mass is 10.0. The van der Waals surface area contributed by atoms with Gasteiger partial charge >= 0.3 is 0 Å². The van der Waals surface area contributed by atoms with Gasteiger partial charge in [0.2, 0.25) is 11.6 Å². The molecule has 2 aliphatic heterocycles. The monoisotopic (exact) mass is 553 g/mol. The molecule has 4 heterocycles. The molecule has 12 heteroatoms. The fourth-order valence-corrected chi connectivity index (χ4v) is 4.95. The molecule has 0 saturated carbocycles. The van der Waals surface area contributed by atoms with Crippen LogP contribution in [0.3, 0.4) is 0 Å². The van der Waals surface area contributed by atoms with Crippen molar-refractivity contribution in [3.05, 3.63) is 33.2 Å². The van der Waals surface area contributed by atoms with Gasteiger partial charge in [0.15, 0.2) is 5.82 Å². The third-order valence-corrected chi connectivity index (χ3v) is 6.68. The zero-order valence-corrected chi connectivity index (χ0v) is 19.9. The molecule has 2 saturated heterocycles. The summed E-state index contributed by atoms with van der Waals surface area (Å²) in [5, 5.41) is 23.4. The standard InChI is InChI=1S/C18H19Br2N7O.CH2O2/c1-2-27-22-18(21-24-27)16-6-17(23-28-16)26-9-11-7-25(8-12(11)10-26)15-5-13(19)3-4-14(15)20;2-1-3/h3-6,11-12H,2,7-10H2,1H3;1H,(H,2,3). The van der Waals surface area contributed by atoms with Gasteiger partial charge in [-0.1, -0.05) is 21.1 Å². The summed E-state index contributed by atoms with van der Waals surface area (Å²) < 4.78 is 7.72. The van der Waals surface area contributed by atoms with Crippen LogP contribution in [0.4, 0.5) is 11.5 Å². The van der Waals surface area contributed by atoms with Crippen molar-refractivity contribution in [1.29, 1.82) is 0 Å². The van der Waals surface area contributed by atoms with Crippen LogP contribution < -0.4 is 9.80 Å². The number of benzene rings is 1. The average Bonchev–Trinajstić information content (AvgIpc) is 3.52. The second-order valence-electron chi connectivity index (χ2n) is 7.38. The number of halogens is 2. The van der Waals surface area contributed by atoms with Crippen LogP contribution in [0.1, 0.15) is 6.92 Å². The van der Waals surface area contributed by atoms with E-state index in [1.807, 2.05) is 13.0 Å². The first kappa shape index (κ1) is 21.8. The van der Waals surface area contributed by atoms with Crippen molar-refractivity contribution in [3.8, 4) is 11.6 Å². The first-order valence-corrected chi connectivity index (χ1v) is 11.4. The van der Waals surface area contributed by atoms with Crippen LogP contribution in [-0.4, -0.2) is 63.1 Å². The molecular formula is C19H21Br2N7O3. The molecular weight excluding hydrogens is 534 g/mol. The van der Waals surface area contributed by atoms with E-state index in [-0.39, 0.29) is 6.47 Å². The first-order valence-electron chi connectivity index (χ1n) is 9.80. The minimum Gasteiger partial charge on any atom is -0.483 e. The normalized spacial score (nSPS) is 19.8. The van der Waals surface area contributed by atoms with Crippen molar-refractivity contribution < 1.29 is 14.4 Å². The predicted octanol–water partition coefficient (Wildman–Crippen LogP) is 3.15. The number of aromatic nitrogens is 5. The number of anilines is 2. The zero-order chi connectivity index (χ0) is 22.0. The fourth-order valence-electron chi connectivity index (χ4n) is 4.10. The van der Waals surface area contributed by atoms with Gasteiger partial charge in [-0.05, 0) is 46.3 Å². The number of rotatable bonds is 4. The SMILES string of the molecule is CCn1nnc(-c2cc(N3CC4CN(c5cc(Br)ccc5Br)CC4C3)no2)n1.O=CO.